The molecule has 0 aromatic heterocycles. The van der Waals surface area contributed by atoms with Crippen molar-refractivity contribution < 1.29 is 9.53 Å². The molecule has 102 valence electrons. The SMILES string of the molecule is COCCNCC(=O)N1CC2(CC2)c2ccccc21. The van der Waals surface area contributed by atoms with E-state index in [4.69, 9.17) is 4.74 Å². The number of amides is 1. The van der Waals surface area contributed by atoms with Gasteiger partial charge in [-0.15, -0.1) is 0 Å². The number of ether oxygens (including phenoxy) is 1. The monoisotopic (exact) mass is 260 g/mol. The molecule has 19 heavy (non-hydrogen) atoms. The van der Waals surface area contributed by atoms with Gasteiger partial charge >= 0.3 is 0 Å². The fraction of sp³-hybridized carbons (Fsp3) is 0.533. The fourth-order valence-corrected chi connectivity index (χ4v) is 2.90. The molecule has 4 heteroatoms. The van der Waals surface area contributed by atoms with Crippen LogP contribution in [0.1, 0.15) is 18.4 Å². The zero-order chi connectivity index (χ0) is 13.3. The van der Waals surface area contributed by atoms with Crippen LogP contribution in [0.15, 0.2) is 24.3 Å². The molecule has 0 saturated heterocycles. The Morgan fingerprint density at radius 2 is 2.21 bits per heavy atom. The molecular formula is C15H20N2O2. The Morgan fingerprint density at radius 3 is 2.95 bits per heavy atom. The number of fused-ring (bicyclic) bond motifs is 2. The van der Waals surface area contributed by atoms with Crippen molar-refractivity contribution in [3.63, 3.8) is 0 Å². The van der Waals surface area contributed by atoms with Gasteiger partial charge in [-0.1, -0.05) is 18.2 Å². The average Bonchev–Trinajstić information content (AvgIpc) is 3.13. The molecule has 0 unspecified atom stereocenters. The topological polar surface area (TPSA) is 41.6 Å². The van der Waals surface area contributed by atoms with Crippen molar-refractivity contribution in [3.8, 4) is 0 Å². The number of carbonyl (C=O) groups is 1. The normalized spacial score (nSPS) is 18.7. The lowest BCUT2D eigenvalue weighted by Gasteiger charge is -2.18. The number of carbonyl (C=O) groups excluding carboxylic acids is 1. The number of anilines is 1. The number of hydrogen-bond acceptors (Lipinski definition) is 3. The number of methoxy groups -OCH3 is 1. The number of hydrogen-bond donors (Lipinski definition) is 1. The first kappa shape index (κ1) is 12.6. The van der Waals surface area contributed by atoms with E-state index in [1.165, 1.54) is 18.4 Å². The molecule has 0 atom stereocenters. The van der Waals surface area contributed by atoms with Gasteiger partial charge in [0.1, 0.15) is 0 Å². The predicted octanol–water partition coefficient (Wildman–Crippen LogP) is 1.30. The molecule has 1 heterocycles. The van der Waals surface area contributed by atoms with E-state index in [0.717, 1.165) is 12.2 Å². The summed E-state index contributed by atoms with van der Waals surface area (Å²) >= 11 is 0. The van der Waals surface area contributed by atoms with Gasteiger partial charge in [-0.2, -0.15) is 0 Å². The summed E-state index contributed by atoms with van der Waals surface area (Å²) in [7, 11) is 1.66. The smallest absolute Gasteiger partial charge is 0.240 e. The fourth-order valence-electron chi connectivity index (χ4n) is 2.90. The molecule has 0 bridgehead atoms. The van der Waals surface area contributed by atoms with Gasteiger partial charge in [-0.25, -0.2) is 0 Å². The number of nitrogens with one attached hydrogen (secondary N) is 1. The molecule has 1 aromatic rings. The maximum Gasteiger partial charge on any atom is 0.240 e. The Hall–Kier alpha value is -1.39. The number of rotatable bonds is 5. The van der Waals surface area contributed by atoms with Gasteiger partial charge in [0.25, 0.3) is 0 Å². The van der Waals surface area contributed by atoms with E-state index in [9.17, 15) is 4.79 Å². The lowest BCUT2D eigenvalue weighted by molar-refractivity contribution is -0.117. The second-order valence-electron chi connectivity index (χ2n) is 5.45. The first-order valence-electron chi connectivity index (χ1n) is 6.86. The molecule has 2 aliphatic rings. The average molecular weight is 260 g/mol. The molecule has 1 saturated carbocycles. The molecule has 3 rings (SSSR count). The first-order valence-corrected chi connectivity index (χ1v) is 6.86. The molecule has 1 spiro atoms. The summed E-state index contributed by atoms with van der Waals surface area (Å²) in [5, 5.41) is 3.13. The Balaban J connectivity index is 1.68. The Morgan fingerprint density at radius 1 is 1.42 bits per heavy atom. The molecule has 1 aliphatic carbocycles. The van der Waals surface area contributed by atoms with Gasteiger partial charge < -0.3 is 15.0 Å². The van der Waals surface area contributed by atoms with Crippen LogP contribution in [0.3, 0.4) is 0 Å². The second-order valence-corrected chi connectivity index (χ2v) is 5.45. The van der Waals surface area contributed by atoms with Gasteiger partial charge in [-0.3, -0.25) is 4.79 Å². The minimum atomic E-state index is 0.160. The molecule has 1 aliphatic heterocycles. The van der Waals surface area contributed by atoms with Crippen molar-refractivity contribution in [1.29, 1.82) is 0 Å². The maximum atomic E-state index is 12.3. The van der Waals surface area contributed by atoms with Crippen LogP contribution >= 0.6 is 0 Å². The predicted molar refractivity (Wildman–Crippen MR) is 74.5 cm³/mol. The molecule has 1 aromatic carbocycles. The number of benzene rings is 1. The van der Waals surface area contributed by atoms with E-state index in [-0.39, 0.29) is 11.3 Å². The van der Waals surface area contributed by atoms with Crippen molar-refractivity contribution in [1.82, 2.24) is 5.32 Å². The lowest BCUT2D eigenvalue weighted by atomic mass is 9.99. The summed E-state index contributed by atoms with van der Waals surface area (Å²) in [5.74, 6) is 0.160. The maximum absolute atomic E-state index is 12.3. The van der Waals surface area contributed by atoms with Crippen LogP contribution in [0.5, 0.6) is 0 Å². The summed E-state index contributed by atoms with van der Waals surface area (Å²) in [6, 6.07) is 8.33. The van der Waals surface area contributed by atoms with Crippen molar-refractivity contribution in [2.45, 2.75) is 18.3 Å². The zero-order valence-electron chi connectivity index (χ0n) is 11.3. The van der Waals surface area contributed by atoms with Crippen molar-refractivity contribution in [2.24, 2.45) is 0 Å². The first-order chi connectivity index (χ1) is 9.27. The summed E-state index contributed by atoms with van der Waals surface area (Å²) in [5.41, 5.74) is 2.75. The van der Waals surface area contributed by atoms with E-state index in [0.29, 0.717) is 19.7 Å². The summed E-state index contributed by atoms with van der Waals surface area (Å²) in [6.07, 6.45) is 2.43. The van der Waals surface area contributed by atoms with Crippen LogP contribution in [0.25, 0.3) is 0 Å². The summed E-state index contributed by atoms with van der Waals surface area (Å²) in [4.78, 5) is 14.3. The molecule has 1 N–H and O–H groups in total. The Labute approximate surface area is 113 Å². The van der Waals surface area contributed by atoms with Crippen LogP contribution in [-0.2, 0) is 14.9 Å². The van der Waals surface area contributed by atoms with E-state index >= 15 is 0 Å². The standard InChI is InChI=1S/C15H20N2O2/c1-19-9-8-16-10-14(18)17-11-15(6-7-15)12-4-2-3-5-13(12)17/h2-5,16H,6-11H2,1H3. The summed E-state index contributed by atoms with van der Waals surface area (Å²) < 4.78 is 4.96. The molecule has 4 nitrogen and oxygen atoms in total. The highest BCUT2D eigenvalue weighted by Gasteiger charge is 2.52. The third-order valence-electron chi connectivity index (χ3n) is 4.14. The highest BCUT2D eigenvalue weighted by atomic mass is 16.5. The Bertz CT molecular complexity index is 483. The van der Waals surface area contributed by atoms with Crippen LogP contribution in [0, 0.1) is 0 Å². The van der Waals surface area contributed by atoms with Gasteiger partial charge in [-0.05, 0) is 24.5 Å². The van der Waals surface area contributed by atoms with Crippen molar-refractivity contribution >= 4 is 11.6 Å². The Kier molecular flexibility index (Phi) is 3.29. The van der Waals surface area contributed by atoms with E-state index < -0.39 is 0 Å². The highest BCUT2D eigenvalue weighted by molar-refractivity contribution is 5.98. The molecule has 0 radical (unpaired) electrons. The lowest BCUT2D eigenvalue weighted by Crippen LogP contribution is -2.39. The summed E-state index contributed by atoms with van der Waals surface area (Å²) in [6.45, 7) is 2.58. The van der Waals surface area contributed by atoms with E-state index in [2.05, 4.69) is 23.5 Å². The quantitative estimate of drug-likeness (QED) is 0.811. The second kappa shape index (κ2) is 4.94. The van der Waals surface area contributed by atoms with Gasteiger partial charge in [0.05, 0.1) is 13.2 Å². The van der Waals surface area contributed by atoms with Gasteiger partial charge in [0, 0.05) is 31.3 Å². The van der Waals surface area contributed by atoms with Crippen LogP contribution in [0.2, 0.25) is 0 Å². The third-order valence-corrected chi connectivity index (χ3v) is 4.14. The number of nitrogens with zero attached hydrogens (tertiary/aromatic N) is 1. The largest absolute Gasteiger partial charge is 0.383 e. The molecule has 1 amide bonds. The van der Waals surface area contributed by atoms with E-state index in [1.807, 2.05) is 11.0 Å². The van der Waals surface area contributed by atoms with Crippen LogP contribution in [0.4, 0.5) is 5.69 Å². The van der Waals surface area contributed by atoms with Crippen LogP contribution in [-0.4, -0.2) is 39.3 Å². The highest BCUT2D eigenvalue weighted by Crippen LogP contribution is 2.56. The van der Waals surface area contributed by atoms with Crippen molar-refractivity contribution in [3.05, 3.63) is 29.8 Å². The zero-order valence-corrected chi connectivity index (χ0v) is 11.3. The number of para-hydroxylation sites is 1. The minimum absolute atomic E-state index is 0.160. The molecule has 1 fully saturated rings. The van der Waals surface area contributed by atoms with Crippen molar-refractivity contribution in [2.75, 3.05) is 38.3 Å². The minimum Gasteiger partial charge on any atom is -0.383 e. The third kappa shape index (κ3) is 2.26. The van der Waals surface area contributed by atoms with Gasteiger partial charge in [0.2, 0.25) is 5.91 Å². The van der Waals surface area contributed by atoms with E-state index in [1.54, 1.807) is 7.11 Å². The van der Waals surface area contributed by atoms with Gasteiger partial charge in [0.15, 0.2) is 0 Å². The molecular weight excluding hydrogens is 240 g/mol. The van der Waals surface area contributed by atoms with Crippen LogP contribution < -0.4 is 10.2 Å².